The van der Waals surface area contributed by atoms with Crippen LogP contribution in [-0.4, -0.2) is 22.6 Å². The van der Waals surface area contributed by atoms with E-state index in [4.69, 9.17) is 18.0 Å². The zero-order chi connectivity index (χ0) is 13.8. The van der Waals surface area contributed by atoms with Crippen LogP contribution in [0.2, 0.25) is 0 Å². The van der Waals surface area contributed by atoms with E-state index in [2.05, 4.69) is 23.7 Å². The van der Waals surface area contributed by atoms with Crippen molar-refractivity contribution >= 4 is 23.0 Å². The van der Waals surface area contributed by atoms with E-state index < -0.39 is 0 Å². The minimum Gasteiger partial charge on any atom is -0.389 e. The number of nitrogens with two attached hydrogens (primary N) is 1. The highest BCUT2D eigenvalue weighted by Crippen LogP contribution is 2.29. The zero-order valence-electron chi connectivity index (χ0n) is 11.9. The summed E-state index contributed by atoms with van der Waals surface area (Å²) in [5.74, 6) is 0.991. The van der Waals surface area contributed by atoms with Crippen molar-refractivity contribution in [3.8, 4) is 0 Å². The molecule has 1 unspecified atom stereocenters. The summed E-state index contributed by atoms with van der Waals surface area (Å²) in [6.45, 7) is 5.36. The van der Waals surface area contributed by atoms with Crippen molar-refractivity contribution in [2.75, 3.05) is 11.4 Å². The Morgan fingerprint density at radius 1 is 1.53 bits per heavy atom. The van der Waals surface area contributed by atoms with Crippen molar-refractivity contribution in [1.82, 2.24) is 4.98 Å². The summed E-state index contributed by atoms with van der Waals surface area (Å²) in [4.78, 5) is 7.46. The van der Waals surface area contributed by atoms with E-state index in [0.717, 1.165) is 23.5 Å². The molecule has 0 spiro atoms. The second-order valence-corrected chi connectivity index (χ2v) is 5.76. The fourth-order valence-corrected chi connectivity index (χ4v) is 3.23. The van der Waals surface area contributed by atoms with Crippen LogP contribution in [0.1, 0.15) is 50.2 Å². The van der Waals surface area contributed by atoms with Crippen molar-refractivity contribution in [1.29, 1.82) is 0 Å². The van der Waals surface area contributed by atoms with Gasteiger partial charge < -0.3 is 10.6 Å². The lowest BCUT2D eigenvalue weighted by molar-refractivity contribution is 0.431. The molecule has 0 saturated carbocycles. The van der Waals surface area contributed by atoms with Crippen LogP contribution in [0.3, 0.4) is 0 Å². The number of thiocarbonyl (C=S) groups is 1. The predicted octanol–water partition coefficient (Wildman–Crippen LogP) is 3.18. The number of pyridine rings is 1. The molecule has 104 valence electrons. The second kappa shape index (κ2) is 6.33. The smallest absolute Gasteiger partial charge is 0.139 e. The Balaban J connectivity index is 2.38. The molecule has 1 aliphatic heterocycles. The quantitative estimate of drug-likeness (QED) is 0.858. The standard InChI is InChI=1S/C15H23N3S/c1-3-6-12-7-4-5-10-18(12)15-13(14(16)19)11(2)8-9-17-15/h8-9,12H,3-7,10H2,1-2H3,(H2,16,19). The Bertz CT molecular complexity index is 457. The summed E-state index contributed by atoms with van der Waals surface area (Å²) in [7, 11) is 0. The summed E-state index contributed by atoms with van der Waals surface area (Å²) in [5.41, 5.74) is 7.99. The molecule has 1 atom stereocenters. The van der Waals surface area contributed by atoms with Crippen molar-refractivity contribution in [2.45, 2.75) is 52.0 Å². The summed E-state index contributed by atoms with van der Waals surface area (Å²) >= 11 is 5.22. The van der Waals surface area contributed by atoms with Crippen molar-refractivity contribution in [2.24, 2.45) is 5.73 Å². The Hall–Kier alpha value is -1.16. The Labute approximate surface area is 121 Å². The van der Waals surface area contributed by atoms with Gasteiger partial charge in [0.05, 0.1) is 5.56 Å². The van der Waals surface area contributed by atoms with Crippen LogP contribution in [0, 0.1) is 6.92 Å². The number of rotatable bonds is 4. The minimum atomic E-state index is 0.460. The lowest BCUT2D eigenvalue weighted by Crippen LogP contribution is -2.41. The first-order valence-electron chi connectivity index (χ1n) is 7.17. The molecule has 1 fully saturated rings. The van der Waals surface area contributed by atoms with Gasteiger partial charge in [0.15, 0.2) is 0 Å². The van der Waals surface area contributed by atoms with Gasteiger partial charge in [0, 0.05) is 18.8 Å². The third kappa shape index (κ3) is 3.06. The molecule has 0 aliphatic carbocycles. The summed E-state index contributed by atoms with van der Waals surface area (Å²) in [5, 5.41) is 0. The molecule has 3 nitrogen and oxygen atoms in total. The average Bonchev–Trinajstić information content (AvgIpc) is 2.39. The molecule has 2 heterocycles. The van der Waals surface area contributed by atoms with Crippen molar-refractivity contribution in [3.05, 3.63) is 23.4 Å². The highest BCUT2D eigenvalue weighted by Gasteiger charge is 2.25. The molecule has 1 aromatic heterocycles. The first-order chi connectivity index (χ1) is 9.15. The Kier molecular flexibility index (Phi) is 4.75. The fraction of sp³-hybridized carbons (Fsp3) is 0.600. The summed E-state index contributed by atoms with van der Waals surface area (Å²) < 4.78 is 0. The number of anilines is 1. The molecule has 1 aliphatic rings. The molecule has 1 saturated heterocycles. The molecule has 19 heavy (non-hydrogen) atoms. The van der Waals surface area contributed by atoms with Crippen LogP contribution in [0.25, 0.3) is 0 Å². The highest BCUT2D eigenvalue weighted by atomic mass is 32.1. The molecule has 0 amide bonds. The van der Waals surface area contributed by atoms with Gasteiger partial charge in [-0.2, -0.15) is 0 Å². The predicted molar refractivity (Wildman–Crippen MR) is 84.8 cm³/mol. The van der Waals surface area contributed by atoms with Gasteiger partial charge in [0.2, 0.25) is 0 Å². The van der Waals surface area contributed by atoms with Gasteiger partial charge >= 0.3 is 0 Å². The maximum Gasteiger partial charge on any atom is 0.139 e. The topological polar surface area (TPSA) is 42.2 Å². The average molecular weight is 277 g/mol. The first kappa shape index (κ1) is 14.3. The number of piperidine rings is 1. The number of aromatic nitrogens is 1. The van der Waals surface area contributed by atoms with E-state index >= 15 is 0 Å². The summed E-state index contributed by atoms with van der Waals surface area (Å²) in [6.07, 6.45) is 8.08. The van der Waals surface area contributed by atoms with E-state index in [1.807, 2.05) is 12.3 Å². The maximum absolute atomic E-state index is 5.91. The molecule has 0 radical (unpaired) electrons. The fourth-order valence-electron chi connectivity index (χ4n) is 2.98. The first-order valence-corrected chi connectivity index (χ1v) is 7.58. The molecular formula is C15H23N3S. The molecule has 0 aromatic carbocycles. The van der Waals surface area contributed by atoms with Gasteiger partial charge in [0.1, 0.15) is 10.8 Å². The van der Waals surface area contributed by atoms with Crippen LogP contribution < -0.4 is 10.6 Å². The normalized spacial score (nSPS) is 19.5. The number of hydrogen-bond donors (Lipinski definition) is 1. The largest absolute Gasteiger partial charge is 0.389 e. The van der Waals surface area contributed by atoms with E-state index in [9.17, 15) is 0 Å². The monoisotopic (exact) mass is 277 g/mol. The van der Waals surface area contributed by atoms with Gasteiger partial charge in [-0.1, -0.05) is 25.6 Å². The van der Waals surface area contributed by atoms with Crippen LogP contribution in [0.5, 0.6) is 0 Å². The molecule has 4 heteroatoms. The second-order valence-electron chi connectivity index (χ2n) is 5.32. The molecule has 2 N–H and O–H groups in total. The third-order valence-electron chi connectivity index (χ3n) is 3.91. The van der Waals surface area contributed by atoms with Crippen LogP contribution in [0.15, 0.2) is 12.3 Å². The molecule has 0 bridgehead atoms. The van der Waals surface area contributed by atoms with E-state index in [0.29, 0.717) is 11.0 Å². The number of nitrogens with zero attached hydrogens (tertiary/aromatic N) is 2. The third-order valence-corrected chi connectivity index (χ3v) is 4.11. The van der Waals surface area contributed by atoms with Crippen molar-refractivity contribution in [3.63, 3.8) is 0 Å². The number of aryl methyl sites for hydroxylation is 1. The highest BCUT2D eigenvalue weighted by molar-refractivity contribution is 7.80. The van der Waals surface area contributed by atoms with E-state index in [1.165, 1.54) is 32.1 Å². The lowest BCUT2D eigenvalue weighted by Gasteiger charge is -2.38. The van der Waals surface area contributed by atoms with Gasteiger partial charge in [-0.3, -0.25) is 0 Å². The van der Waals surface area contributed by atoms with E-state index in [1.54, 1.807) is 0 Å². The SMILES string of the molecule is CCCC1CCCCN1c1nccc(C)c1C(N)=S. The van der Waals surface area contributed by atoms with Crippen molar-refractivity contribution < 1.29 is 0 Å². The van der Waals surface area contributed by atoms with Gasteiger partial charge in [-0.15, -0.1) is 0 Å². The van der Waals surface area contributed by atoms with Gasteiger partial charge in [-0.25, -0.2) is 4.98 Å². The maximum atomic E-state index is 5.91. The lowest BCUT2D eigenvalue weighted by atomic mass is 9.97. The molecule has 1 aromatic rings. The van der Waals surface area contributed by atoms with Crippen LogP contribution in [-0.2, 0) is 0 Å². The molecule has 2 rings (SSSR count). The Morgan fingerprint density at radius 2 is 2.32 bits per heavy atom. The molecular weight excluding hydrogens is 254 g/mol. The van der Waals surface area contributed by atoms with E-state index in [-0.39, 0.29) is 0 Å². The van der Waals surface area contributed by atoms with Gasteiger partial charge in [0.25, 0.3) is 0 Å². The van der Waals surface area contributed by atoms with Crippen LogP contribution >= 0.6 is 12.2 Å². The minimum absolute atomic E-state index is 0.460. The van der Waals surface area contributed by atoms with Crippen LogP contribution in [0.4, 0.5) is 5.82 Å². The number of hydrogen-bond acceptors (Lipinski definition) is 3. The van der Waals surface area contributed by atoms with Gasteiger partial charge in [-0.05, 0) is 44.2 Å². The zero-order valence-corrected chi connectivity index (χ0v) is 12.7. The Morgan fingerprint density at radius 3 is 3.00 bits per heavy atom. The summed E-state index contributed by atoms with van der Waals surface area (Å²) in [6, 6.07) is 2.57.